The average Bonchev–Trinajstić information content (AvgIpc) is 2.74. The van der Waals surface area contributed by atoms with Crippen molar-refractivity contribution in [3.63, 3.8) is 0 Å². The molecule has 0 saturated carbocycles. The fraction of sp³-hybridized carbons (Fsp3) is 0.429. The van der Waals surface area contributed by atoms with Gasteiger partial charge in [0.05, 0.1) is 26.3 Å². The number of rotatable bonds is 8. The molecule has 2 aromatic rings. The van der Waals surface area contributed by atoms with Crippen molar-refractivity contribution in [3.8, 4) is 17.2 Å². The molecule has 0 aromatic heterocycles. The molecule has 0 unspecified atom stereocenters. The zero-order valence-electron chi connectivity index (χ0n) is 17.1. The molecule has 8 nitrogen and oxygen atoms in total. The van der Waals surface area contributed by atoms with Crippen molar-refractivity contribution < 1.29 is 19.1 Å². The van der Waals surface area contributed by atoms with Crippen LogP contribution in [0, 0.1) is 10.1 Å². The Morgan fingerprint density at radius 1 is 0.828 bits per heavy atom. The molecule has 1 saturated heterocycles. The van der Waals surface area contributed by atoms with Gasteiger partial charge in [-0.25, -0.2) is 0 Å². The van der Waals surface area contributed by atoms with Gasteiger partial charge in [-0.2, -0.15) is 0 Å². The maximum atomic E-state index is 11.2. The van der Waals surface area contributed by atoms with Gasteiger partial charge in [0, 0.05) is 56.5 Å². The van der Waals surface area contributed by atoms with Crippen LogP contribution in [0.1, 0.15) is 11.1 Å². The summed E-state index contributed by atoms with van der Waals surface area (Å²) in [6.07, 6.45) is 0. The predicted molar refractivity (Wildman–Crippen MR) is 110 cm³/mol. The van der Waals surface area contributed by atoms with E-state index in [9.17, 15) is 10.1 Å². The molecule has 8 heteroatoms. The highest BCUT2D eigenvalue weighted by Gasteiger charge is 2.23. The molecule has 156 valence electrons. The van der Waals surface area contributed by atoms with E-state index in [1.54, 1.807) is 33.5 Å². The summed E-state index contributed by atoms with van der Waals surface area (Å²) >= 11 is 0. The molecule has 0 atom stereocenters. The monoisotopic (exact) mass is 401 g/mol. The van der Waals surface area contributed by atoms with Gasteiger partial charge in [0.1, 0.15) is 0 Å². The van der Waals surface area contributed by atoms with E-state index in [1.165, 1.54) is 0 Å². The topological polar surface area (TPSA) is 77.3 Å². The van der Waals surface area contributed by atoms with Crippen LogP contribution in [-0.2, 0) is 13.1 Å². The summed E-state index contributed by atoms with van der Waals surface area (Å²) in [5.41, 5.74) is 1.98. The van der Waals surface area contributed by atoms with E-state index in [2.05, 4.69) is 9.80 Å². The minimum Gasteiger partial charge on any atom is -0.493 e. The Labute approximate surface area is 170 Å². The van der Waals surface area contributed by atoms with Gasteiger partial charge < -0.3 is 14.2 Å². The maximum absolute atomic E-state index is 11.2. The Hall–Kier alpha value is -2.84. The summed E-state index contributed by atoms with van der Waals surface area (Å²) in [5, 5.41) is 11.2. The third kappa shape index (κ3) is 4.78. The van der Waals surface area contributed by atoms with Crippen molar-refractivity contribution in [1.82, 2.24) is 9.80 Å². The lowest BCUT2D eigenvalue weighted by molar-refractivity contribution is -0.385. The van der Waals surface area contributed by atoms with Crippen LogP contribution in [0.15, 0.2) is 36.4 Å². The average molecular weight is 401 g/mol. The van der Waals surface area contributed by atoms with Crippen LogP contribution >= 0.6 is 0 Å². The number of ether oxygens (including phenoxy) is 3. The molecular formula is C21H27N3O5. The van der Waals surface area contributed by atoms with E-state index in [0.29, 0.717) is 23.8 Å². The summed E-state index contributed by atoms with van der Waals surface area (Å²) in [5.74, 6) is 1.93. The van der Waals surface area contributed by atoms with Gasteiger partial charge in [0.2, 0.25) is 5.75 Å². The second kappa shape index (κ2) is 9.58. The van der Waals surface area contributed by atoms with Gasteiger partial charge in [0.25, 0.3) is 5.69 Å². The molecule has 1 heterocycles. The summed E-state index contributed by atoms with van der Waals surface area (Å²) in [7, 11) is 4.84. The van der Waals surface area contributed by atoms with Crippen molar-refractivity contribution in [1.29, 1.82) is 0 Å². The normalized spacial score (nSPS) is 15.1. The van der Waals surface area contributed by atoms with Gasteiger partial charge in [-0.3, -0.25) is 19.9 Å². The van der Waals surface area contributed by atoms with Crippen LogP contribution in [0.3, 0.4) is 0 Å². The number of hydrogen-bond acceptors (Lipinski definition) is 7. The smallest absolute Gasteiger partial charge is 0.273 e. The molecule has 0 spiro atoms. The summed E-state index contributed by atoms with van der Waals surface area (Å²) in [4.78, 5) is 15.5. The third-order valence-corrected chi connectivity index (χ3v) is 5.23. The van der Waals surface area contributed by atoms with Crippen LogP contribution in [-0.4, -0.2) is 62.2 Å². The molecule has 1 aliphatic heterocycles. The van der Waals surface area contributed by atoms with Crippen molar-refractivity contribution >= 4 is 5.69 Å². The van der Waals surface area contributed by atoms with E-state index < -0.39 is 0 Å². The Bertz CT molecular complexity index is 850. The maximum Gasteiger partial charge on any atom is 0.273 e. The number of hydrogen-bond donors (Lipinski definition) is 0. The van der Waals surface area contributed by atoms with Crippen LogP contribution in [0.2, 0.25) is 0 Å². The zero-order valence-corrected chi connectivity index (χ0v) is 17.1. The number of benzene rings is 2. The van der Waals surface area contributed by atoms with Crippen LogP contribution < -0.4 is 14.2 Å². The van der Waals surface area contributed by atoms with E-state index in [1.807, 2.05) is 24.3 Å². The van der Waals surface area contributed by atoms with Crippen LogP contribution in [0.4, 0.5) is 5.69 Å². The molecule has 1 aliphatic rings. The lowest BCUT2D eigenvalue weighted by Gasteiger charge is -2.35. The fourth-order valence-corrected chi connectivity index (χ4v) is 3.70. The molecule has 3 rings (SSSR count). The highest BCUT2D eigenvalue weighted by molar-refractivity contribution is 5.55. The second-order valence-corrected chi connectivity index (χ2v) is 6.93. The molecule has 0 radical (unpaired) electrons. The van der Waals surface area contributed by atoms with Gasteiger partial charge in [-0.05, 0) is 6.07 Å². The first kappa shape index (κ1) is 20.9. The summed E-state index contributed by atoms with van der Waals surface area (Å²) < 4.78 is 16.4. The second-order valence-electron chi connectivity index (χ2n) is 6.93. The third-order valence-electron chi connectivity index (χ3n) is 5.23. The highest BCUT2D eigenvalue weighted by Crippen LogP contribution is 2.40. The fourth-order valence-electron chi connectivity index (χ4n) is 3.70. The molecule has 2 aromatic carbocycles. The van der Waals surface area contributed by atoms with Gasteiger partial charge in [0.15, 0.2) is 11.5 Å². The number of nitro benzene ring substituents is 1. The standard InChI is InChI=1S/C21H27N3O5/c1-27-19-9-8-17(20(28-2)21(19)29-3)15-23-12-10-22(11-13-23)14-16-6-4-5-7-18(16)24(25)26/h4-9H,10-15H2,1-3H3. The molecule has 0 amide bonds. The lowest BCUT2D eigenvalue weighted by atomic mass is 10.1. The molecule has 0 bridgehead atoms. The van der Waals surface area contributed by atoms with Crippen LogP contribution in [0.5, 0.6) is 17.2 Å². The minimum absolute atomic E-state index is 0.185. The Morgan fingerprint density at radius 2 is 1.41 bits per heavy atom. The van der Waals surface area contributed by atoms with Crippen molar-refractivity contribution in [3.05, 3.63) is 57.6 Å². The van der Waals surface area contributed by atoms with Crippen LogP contribution in [0.25, 0.3) is 0 Å². The molecule has 0 aliphatic carbocycles. The number of methoxy groups -OCH3 is 3. The van der Waals surface area contributed by atoms with Crippen molar-refractivity contribution in [2.24, 2.45) is 0 Å². The quantitative estimate of drug-likeness (QED) is 0.497. The SMILES string of the molecule is COc1ccc(CN2CCN(Cc3ccccc3[N+](=O)[O-])CC2)c(OC)c1OC. The van der Waals surface area contributed by atoms with Gasteiger partial charge in [-0.15, -0.1) is 0 Å². The first-order chi connectivity index (χ1) is 14.1. The molecule has 1 fully saturated rings. The van der Waals surface area contributed by atoms with Crippen molar-refractivity contribution in [2.45, 2.75) is 13.1 Å². The molecular weight excluding hydrogens is 374 g/mol. The zero-order chi connectivity index (χ0) is 20.8. The van der Waals surface area contributed by atoms with E-state index in [0.717, 1.165) is 43.9 Å². The number of piperazine rings is 1. The molecule has 0 N–H and O–H groups in total. The summed E-state index contributed by atoms with van der Waals surface area (Å²) in [6.45, 7) is 4.77. The predicted octanol–water partition coefficient (Wildman–Crippen LogP) is 2.94. The Morgan fingerprint density at radius 3 is 1.97 bits per heavy atom. The highest BCUT2D eigenvalue weighted by atomic mass is 16.6. The van der Waals surface area contributed by atoms with Gasteiger partial charge >= 0.3 is 0 Å². The Kier molecular flexibility index (Phi) is 6.90. The van der Waals surface area contributed by atoms with E-state index in [-0.39, 0.29) is 10.6 Å². The lowest BCUT2D eigenvalue weighted by Crippen LogP contribution is -2.45. The minimum atomic E-state index is -0.311. The molecule has 29 heavy (non-hydrogen) atoms. The number of para-hydroxylation sites is 1. The van der Waals surface area contributed by atoms with E-state index >= 15 is 0 Å². The van der Waals surface area contributed by atoms with Gasteiger partial charge in [-0.1, -0.05) is 24.3 Å². The van der Waals surface area contributed by atoms with Crippen molar-refractivity contribution in [2.75, 3.05) is 47.5 Å². The first-order valence-electron chi connectivity index (χ1n) is 9.52. The number of nitrogens with zero attached hydrogens (tertiary/aromatic N) is 3. The number of nitro groups is 1. The summed E-state index contributed by atoms with van der Waals surface area (Å²) in [6, 6.07) is 10.8. The van der Waals surface area contributed by atoms with E-state index in [4.69, 9.17) is 14.2 Å². The Balaban J connectivity index is 1.63. The first-order valence-corrected chi connectivity index (χ1v) is 9.52. The largest absolute Gasteiger partial charge is 0.493 e.